The van der Waals surface area contributed by atoms with E-state index in [1.165, 1.54) is 22.6 Å². The lowest BCUT2D eigenvalue weighted by Gasteiger charge is -2.14. The Morgan fingerprint density at radius 3 is 2.41 bits per heavy atom. The smallest absolute Gasteiger partial charge is 0.404 e. The summed E-state index contributed by atoms with van der Waals surface area (Å²) in [5, 5.41) is 0. The lowest BCUT2D eigenvalue weighted by Crippen LogP contribution is -2.19. The summed E-state index contributed by atoms with van der Waals surface area (Å²) in [5.41, 5.74) is -1.37. The molecule has 0 atom stereocenters. The molecule has 1 aromatic rings. The first-order valence-corrected chi connectivity index (χ1v) is 5.01. The van der Waals surface area contributed by atoms with Crippen LogP contribution in [0, 0.1) is 3.57 Å². The van der Waals surface area contributed by atoms with Crippen molar-refractivity contribution in [2.75, 3.05) is 0 Å². The number of pyridine rings is 1. The van der Waals surface area contributed by atoms with Gasteiger partial charge in [0.1, 0.15) is 5.69 Å². The molecule has 1 aromatic heterocycles. The summed E-state index contributed by atoms with van der Waals surface area (Å²) in [7, 11) is 0. The minimum atomic E-state index is -5.10. The fourth-order valence-electron chi connectivity index (χ4n) is 0.992. The lowest BCUT2D eigenvalue weighted by molar-refractivity contribution is -0.275. The van der Waals surface area contributed by atoms with Crippen LogP contribution in [0.3, 0.4) is 0 Å². The van der Waals surface area contributed by atoms with Crippen LogP contribution < -0.4 is 4.74 Å². The minimum Gasteiger partial charge on any atom is -0.404 e. The Hall–Kier alpha value is -1.00. The molecule has 0 aromatic carbocycles. The van der Waals surface area contributed by atoms with E-state index in [1.807, 2.05) is 0 Å². The monoisotopic (exact) mass is 367 g/mol. The van der Waals surface area contributed by atoms with Gasteiger partial charge in [-0.2, -0.15) is 0 Å². The number of carbonyl (C=O) groups is 1. The number of aromatic nitrogens is 1. The van der Waals surface area contributed by atoms with Crippen molar-refractivity contribution in [3.05, 3.63) is 21.0 Å². The van der Waals surface area contributed by atoms with Crippen LogP contribution in [0.25, 0.3) is 0 Å². The van der Waals surface area contributed by atoms with E-state index < -0.39 is 24.1 Å². The van der Waals surface area contributed by atoms with Crippen LogP contribution in [-0.2, 0) is 0 Å². The molecule has 94 valence electrons. The van der Waals surface area contributed by atoms with Crippen LogP contribution in [0.1, 0.15) is 22.5 Å². The van der Waals surface area contributed by atoms with Gasteiger partial charge in [-0.25, -0.2) is 13.8 Å². The molecule has 0 radical (unpaired) electrons. The average Bonchev–Trinajstić information content (AvgIpc) is 2.14. The maximum atomic E-state index is 12.6. The first kappa shape index (κ1) is 14.1. The van der Waals surface area contributed by atoms with Crippen LogP contribution in [0.4, 0.5) is 22.0 Å². The molecule has 0 aliphatic rings. The van der Waals surface area contributed by atoms with Crippen LogP contribution >= 0.6 is 22.6 Å². The second-order valence-corrected chi connectivity index (χ2v) is 3.78. The summed E-state index contributed by atoms with van der Waals surface area (Å²) in [5.74, 6) is -1.11. The van der Waals surface area contributed by atoms with Gasteiger partial charge in [-0.05, 0) is 22.6 Å². The molecule has 1 rings (SSSR count). The van der Waals surface area contributed by atoms with E-state index in [0.29, 0.717) is 6.20 Å². The van der Waals surface area contributed by atoms with Gasteiger partial charge < -0.3 is 4.74 Å². The van der Waals surface area contributed by atoms with Gasteiger partial charge in [0.15, 0.2) is 12.0 Å². The lowest BCUT2D eigenvalue weighted by atomic mass is 10.2. The molecular formula is C8H3F5INO2. The Bertz CT molecular complexity index is 435. The number of ether oxygens (including phenoxy) is 1. The highest BCUT2D eigenvalue weighted by Gasteiger charge is 2.34. The molecule has 0 unspecified atom stereocenters. The average molecular weight is 367 g/mol. The van der Waals surface area contributed by atoms with Crippen LogP contribution in [0.5, 0.6) is 5.75 Å². The fourth-order valence-corrected chi connectivity index (χ4v) is 1.76. The van der Waals surface area contributed by atoms with Gasteiger partial charge in [0.25, 0.3) is 6.43 Å². The molecule has 9 heteroatoms. The second kappa shape index (κ2) is 5.10. The molecule has 3 nitrogen and oxygen atoms in total. The molecule has 0 aliphatic heterocycles. The summed E-state index contributed by atoms with van der Waals surface area (Å²) < 4.78 is 64.0. The Kier molecular flexibility index (Phi) is 4.22. The molecule has 0 saturated carbocycles. The van der Waals surface area contributed by atoms with E-state index in [4.69, 9.17) is 0 Å². The molecule has 0 N–H and O–H groups in total. The molecule has 0 spiro atoms. The molecule has 1 heterocycles. The minimum absolute atomic E-state index is 0.172. The highest BCUT2D eigenvalue weighted by Crippen LogP contribution is 2.36. The number of aldehydes is 1. The summed E-state index contributed by atoms with van der Waals surface area (Å²) in [6.07, 6.45) is -7.69. The highest BCUT2D eigenvalue weighted by atomic mass is 127. The Morgan fingerprint density at radius 2 is 2.00 bits per heavy atom. The van der Waals surface area contributed by atoms with E-state index in [1.54, 1.807) is 0 Å². The van der Waals surface area contributed by atoms with Crippen molar-refractivity contribution in [2.45, 2.75) is 12.8 Å². The van der Waals surface area contributed by atoms with Crippen molar-refractivity contribution in [2.24, 2.45) is 0 Å². The van der Waals surface area contributed by atoms with Gasteiger partial charge >= 0.3 is 6.36 Å². The molecule has 0 saturated heterocycles. The summed E-state index contributed by atoms with van der Waals surface area (Å²) in [4.78, 5) is 13.7. The number of hydrogen-bond donors (Lipinski definition) is 0. The number of nitrogens with zero attached hydrogens (tertiary/aromatic N) is 1. The molecule has 0 amide bonds. The van der Waals surface area contributed by atoms with Crippen molar-refractivity contribution in [3.63, 3.8) is 0 Å². The molecular weight excluding hydrogens is 364 g/mol. The third kappa shape index (κ3) is 3.48. The number of rotatable bonds is 3. The fraction of sp³-hybridized carbons (Fsp3) is 0.250. The predicted octanol–water partition coefficient (Wildman–Crippen LogP) is 3.33. The van der Waals surface area contributed by atoms with Gasteiger partial charge in [-0.15, -0.1) is 13.2 Å². The van der Waals surface area contributed by atoms with Crippen molar-refractivity contribution < 1.29 is 31.5 Å². The van der Waals surface area contributed by atoms with Crippen molar-refractivity contribution in [1.29, 1.82) is 0 Å². The summed E-state index contributed by atoms with van der Waals surface area (Å²) in [6.45, 7) is 0. The highest BCUT2D eigenvalue weighted by molar-refractivity contribution is 14.1. The quantitative estimate of drug-likeness (QED) is 0.468. The maximum absolute atomic E-state index is 12.6. The SMILES string of the molecule is O=Cc1ncc(OC(F)(F)F)c(C(F)F)c1I. The van der Waals surface area contributed by atoms with Gasteiger partial charge in [0, 0.05) is 0 Å². The number of halogens is 6. The molecule has 0 bridgehead atoms. The van der Waals surface area contributed by atoms with Gasteiger partial charge in [0.2, 0.25) is 0 Å². The normalized spacial score (nSPS) is 11.7. The first-order valence-electron chi connectivity index (χ1n) is 3.93. The predicted molar refractivity (Wildman–Crippen MR) is 54.0 cm³/mol. The molecule has 0 aliphatic carbocycles. The summed E-state index contributed by atoms with van der Waals surface area (Å²) in [6, 6.07) is 0. The zero-order valence-corrected chi connectivity index (χ0v) is 9.92. The van der Waals surface area contributed by atoms with Crippen LogP contribution in [-0.4, -0.2) is 17.6 Å². The number of carbonyl (C=O) groups excluding carboxylic acids is 1. The van der Waals surface area contributed by atoms with Gasteiger partial charge in [-0.3, -0.25) is 4.79 Å². The number of hydrogen-bond acceptors (Lipinski definition) is 3. The zero-order chi connectivity index (χ0) is 13.2. The standard InChI is InChI=1S/C8H3F5INO2/c9-7(10)5-4(17-8(11,12)13)1-15-3(2-16)6(5)14/h1-2,7H. The summed E-state index contributed by atoms with van der Waals surface area (Å²) >= 11 is 1.31. The van der Waals surface area contributed by atoms with Gasteiger partial charge in [-0.1, -0.05) is 0 Å². The Morgan fingerprint density at radius 1 is 1.41 bits per heavy atom. The Labute approximate surface area is 105 Å². The second-order valence-electron chi connectivity index (χ2n) is 2.70. The van der Waals surface area contributed by atoms with E-state index in [9.17, 15) is 26.7 Å². The third-order valence-corrected chi connectivity index (χ3v) is 2.74. The largest absolute Gasteiger partial charge is 0.573 e. The molecule has 0 fully saturated rings. The maximum Gasteiger partial charge on any atom is 0.573 e. The topological polar surface area (TPSA) is 39.2 Å². The number of alkyl halides is 5. The van der Waals surface area contributed by atoms with E-state index in [-0.39, 0.29) is 15.6 Å². The van der Waals surface area contributed by atoms with Crippen LogP contribution in [0.2, 0.25) is 0 Å². The van der Waals surface area contributed by atoms with E-state index >= 15 is 0 Å². The molecule has 17 heavy (non-hydrogen) atoms. The van der Waals surface area contributed by atoms with Gasteiger partial charge in [0.05, 0.1) is 15.3 Å². The van der Waals surface area contributed by atoms with E-state index in [2.05, 4.69) is 9.72 Å². The van der Waals surface area contributed by atoms with Crippen molar-refractivity contribution in [1.82, 2.24) is 4.98 Å². The van der Waals surface area contributed by atoms with Crippen molar-refractivity contribution >= 4 is 28.9 Å². The van der Waals surface area contributed by atoms with Crippen LogP contribution in [0.15, 0.2) is 6.20 Å². The zero-order valence-electron chi connectivity index (χ0n) is 7.76. The van der Waals surface area contributed by atoms with Crippen molar-refractivity contribution in [3.8, 4) is 5.75 Å². The first-order chi connectivity index (χ1) is 7.76. The van der Waals surface area contributed by atoms with E-state index in [0.717, 1.165) is 0 Å². The third-order valence-electron chi connectivity index (χ3n) is 1.60. The Balaban J connectivity index is 3.31.